The van der Waals surface area contributed by atoms with E-state index < -0.39 is 5.60 Å². The van der Waals surface area contributed by atoms with E-state index in [0.29, 0.717) is 24.5 Å². The number of fused-ring (bicyclic) bond motifs is 1. The number of aliphatic hydroxyl groups is 1. The molecule has 0 aliphatic heterocycles. The van der Waals surface area contributed by atoms with Gasteiger partial charge in [-0.15, -0.1) is 0 Å². The smallest absolute Gasteiger partial charge is 0.137 e. The largest absolute Gasteiger partial charge is 0.386 e. The molecule has 2 nitrogen and oxygen atoms in total. The van der Waals surface area contributed by atoms with E-state index in [9.17, 15) is 9.90 Å². The molecule has 2 aliphatic rings. The molecule has 0 spiro atoms. The van der Waals surface area contributed by atoms with Gasteiger partial charge in [0.2, 0.25) is 0 Å². The Balaban J connectivity index is 2.03. The van der Waals surface area contributed by atoms with Crippen molar-refractivity contribution in [3.8, 4) is 0 Å². The fraction of sp³-hybridized carbons (Fsp3) is 0.750. The lowest BCUT2D eigenvalue weighted by Crippen LogP contribution is -2.24. The Morgan fingerprint density at radius 2 is 2.43 bits per heavy atom. The van der Waals surface area contributed by atoms with Crippen LogP contribution in [0.3, 0.4) is 0 Å². The van der Waals surface area contributed by atoms with Crippen molar-refractivity contribution >= 4 is 5.78 Å². The molecule has 0 aromatic carbocycles. The third-order valence-corrected chi connectivity index (χ3v) is 3.42. The third-order valence-electron chi connectivity index (χ3n) is 3.42. The van der Waals surface area contributed by atoms with Crippen molar-refractivity contribution in [2.75, 3.05) is 0 Å². The lowest BCUT2D eigenvalue weighted by atomic mass is 9.92. The molecule has 78 valence electrons. The van der Waals surface area contributed by atoms with Gasteiger partial charge in [0.05, 0.1) is 5.60 Å². The van der Waals surface area contributed by atoms with Gasteiger partial charge < -0.3 is 5.11 Å². The number of ketones is 1. The van der Waals surface area contributed by atoms with Gasteiger partial charge in [-0.1, -0.05) is 31.4 Å². The molecule has 0 bridgehead atoms. The average Bonchev–Trinajstić information content (AvgIpc) is 2.55. The molecule has 1 N–H and O–H groups in total. The monoisotopic (exact) mass is 194 g/mol. The van der Waals surface area contributed by atoms with Gasteiger partial charge in [-0.2, -0.15) is 0 Å². The Labute approximate surface area is 85.0 Å². The normalized spacial score (nSPS) is 36.0. The Bertz CT molecular complexity index is 280. The van der Waals surface area contributed by atoms with E-state index in [1.165, 1.54) is 5.57 Å². The predicted molar refractivity (Wildman–Crippen MR) is 54.9 cm³/mol. The fourth-order valence-electron chi connectivity index (χ4n) is 2.71. The number of hydrogen-bond acceptors (Lipinski definition) is 2. The van der Waals surface area contributed by atoms with Gasteiger partial charge in [-0.25, -0.2) is 0 Å². The molecular formula is C12H18O2. The van der Waals surface area contributed by atoms with E-state index >= 15 is 0 Å². The first-order valence-corrected chi connectivity index (χ1v) is 5.59. The molecule has 0 aromatic rings. The minimum atomic E-state index is -0.587. The van der Waals surface area contributed by atoms with Gasteiger partial charge in [0, 0.05) is 12.8 Å². The SMILES string of the molecule is CCCCC1(O)C=C2CC(=O)CC2C1. The van der Waals surface area contributed by atoms with Crippen LogP contribution in [0.2, 0.25) is 0 Å². The van der Waals surface area contributed by atoms with Crippen LogP contribution in [0.25, 0.3) is 0 Å². The number of Topliss-reactive ketones (excluding diaryl/α,β-unsaturated/α-hetero) is 1. The first-order valence-electron chi connectivity index (χ1n) is 5.59. The number of hydrogen-bond donors (Lipinski definition) is 1. The van der Waals surface area contributed by atoms with Crippen molar-refractivity contribution in [3.63, 3.8) is 0 Å². The summed E-state index contributed by atoms with van der Waals surface area (Å²) in [5, 5.41) is 10.2. The van der Waals surface area contributed by atoms with Crippen LogP contribution in [0.1, 0.15) is 45.4 Å². The second kappa shape index (κ2) is 3.50. The maximum atomic E-state index is 11.2. The van der Waals surface area contributed by atoms with E-state index in [1.54, 1.807) is 0 Å². The highest BCUT2D eigenvalue weighted by Gasteiger charge is 2.41. The van der Waals surface area contributed by atoms with Gasteiger partial charge in [-0.3, -0.25) is 4.79 Å². The van der Waals surface area contributed by atoms with Crippen LogP contribution in [-0.2, 0) is 4.79 Å². The molecule has 0 saturated heterocycles. The quantitative estimate of drug-likeness (QED) is 0.699. The number of unbranched alkanes of at least 4 members (excludes halogenated alkanes) is 1. The zero-order chi connectivity index (χ0) is 10.2. The molecule has 2 rings (SSSR count). The second-order valence-electron chi connectivity index (χ2n) is 4.75. The van der Waals surface area contributed by atoms with Crippen LogP contribution in [0.15, 0.2) is 11.6 Å². The minimum Gasteiger partial charge on any atom is -0.386 e. The van der Waals surface area contributed by atoms with Crippen molar-refractivity contribution in [1.29, 1.82) is 0 Å². The maximum Gasteiger partial charge on any atom is 0.137 e. The number of carbonyl (C=O) groups is 1. The average molecular weight is 194 g/mol. The molecule has 2 atom stereocenters. The summed E-state index contributed by atoms with van der Waals surface area (Å²) in [6.45, 7) is 2.13. The first kappa shape index (κ1) is 9.91. The molecule has 2 aliphatic carbocycles. The number of carbonyl (C=O) groups excluding carboxylic acids is 1. The van der Waals surface area contributed by atoms with Gasteiger partial charge in [-0.05, 0) is 18.8 Å². The lowest BCUT2D eigenvalue weighted by molar-refractivity contribution is -0.117. The van der Waals surface area contributed by atoms with Crippen molar-refractivity contribution in [2.45, 2.75) is 51.0 Å². The topological polar surface area (TPSA) is 37.3 Å². The minimum absolute atomic E-state index is 0.346. The summed E-state index contributed by atoms with van der Waals surface area (Å²) in [4.78, 5) is 11.2. The van der Waals surface area contributed by atoms with E-state index in [-0.39, 0.29) is 0 Å². The molecule has 0 amide bonds. The van der Waals surface area contributed by atoms with Crippen molar-refractivity contribution in [1.82, 2.24) is 0 Å². The highest BCUT2D eigenvalue weighted by molar-refractivity contribution is 5.85. The summed E-state index contributed by atoms with van der Waals surface area (Å²) in [6, 6.07) is 0. The van der Waals surface area contributed by atoms with Crippen LogP contribution in [0.5, 0.6) is 0 Å². The van der Waals surface area contributed by atoms with E-state index in [1.807, 2.05) is 6.08 Å². The second-order valence-corrected chi connectivity index (χ2v) is 4.75. The van der Waals surface area contributed by atoms with Crippen molar-refractivity contribution in [3.05, 3.63) is 11.6 Å². The van der Waals surface area contributed by atoms with Crippen LogP contribution >= 0.6 is 0 Å². The summed E-state index contributed by atoms with van der Waals surface area (Å²) >= 11 is 0. The number of allylic oxidation sites excluding steroid dienone is 1. The summed E-state index contributed by atoms with van der Waals surface area (Å²) in [7, 11) is 0. The van der Waals surface area contributed by atoms with Crippen LogP contribution in [-0.4, -0.2) is 16.5 Å². The summed E-state index contributed by atoms with van der Waals surface area (Å²) < 4.78 is 0. The Morgan fingerprint density at radius 1 is 1.64 bits per heavy atom. The highest BCUT2D eigenvalue weighted by atomic mass is 16.3. The van der Waals surface area contributed by atoms with E-state index in [0.717, 1.165) is 25.7 Å². The molecule has 1 fully saturated rings. The Kier molecular flexibility index (Phi) is 2.48. The molecule has 0 aromatic heterocycles. The van der Waals surface area contributed by atoms with E-state index in [2.05, 4.69) is 6.92 Å². The predicted octanol–water partition coefficient (Wildman–Crippen LogP) is 2.22. The van der Waals surface area contributed by atoms with Crippen LogP contribution < -0.4 is 0 Å². The van der Waals surface area contributed by atoms with Crippen LogP contribution in [0.4, 0.5) is 0 Å². The van der Waals surface area contributed by atoms with Gasteiger partial charge in [0.15, 0.2) is 0 Å². The van der Waals surface area contributed by atoms with E-state index in [4.69, 9.17) is 0 Å². The molecule has 0 radical (unpaired) electrons. The summed E-state index contributed by atoms with van der Waals surface area (Å²) in [5.74, 6) is 0.711. The molecule has 1 saturated carbocycles. The highest BCUT2D eigenvalue weighted by Crippen LogP contribution is 2.44. The molecule has 2 heteroatoms. The zero-order valence-electron chi connectivity index (χ0n) is 8.75. The third kappa shape index (κ3) is 1.76. The lowest BCUT2D eigenvalue weighted by Gasteiger charge is -2.21. The maximum absolute atomic E-state index is 11.2. The molecule has 14 heavy (non-hydrogen) atoms. The van der Waals surface area contributed by atoms with Crippen molar-refractivity contribution < 1.29 is 9.90 Å². The Hall–Kier alpha value is -0.630. The molecule has 0 heterocycles. The standard InChI is InChI=1S/C12H18O2/c1-2-3-4-12(14)7-9-5-11(13)6-10(9)8-12/h7,10,14H,2-6,8H2,1H3. The van der Waals surface area contributed by atoms with Crippen molar-refractivity contribution in [2.24, 2.45) is 5.92 Å². The Morgan fingerprint density at radius 3 is 3.07 bits per heavy atom. The number of rotatable bonds is 3. The summed E-state index contributed by atoms with van der Waals surface area (Å²) in [5.41, 5.74) is 0.616. The first-order chi connectivity index (χ1) is 6.63. The summed E-state index contributed by atoms with van der Waals surface area (Å²) in [6.07, 6.45) is 7.07. The fourth-order valence-corrected chi connectivity index (χ4v) is 2.71. The molecule has 2 unspecified atom stereocenters. The van der Waals surface area contributed by atoms with Gasteiger partial charge in [0.25, 0.3) is 0 Å². The van der Waals surface area contributed by atoms with Crippen LogP contribution in [0, 0.1) is 5.92 Å². The zero-order valence-corrected chi connectivity index (χ0v) is 8.75. The van der Waals surface area contributed by atoms with Gasteiger partial charge >= 0.3 is 0 Å². The van der Waals surface area contributed by atoms with Gasteiger partial charge in [0.1, 0.15) is 5.78 Å². The molecular weight excluding hydrogens is 176 g/mol.